The number of anilines is 2. The molecule has 0 radical (unpaired) electrons. The molecule has 1 aliphatic rings. The zero-order valence-electron chi connectivity index (χ0n) is 13.9. The van der Waals surface area contributed by atoms with Gasteiger partial charge in [-0.1, -0.05) is 6.08 Å². The van der Waals surface area contributed by atoms with Crippen LogP contribution in [0.5, 0.6) is 0 Å². The molecule has 0 bridgehead atoms. The molecular formula is C17H25N5O. The second kappa shape index (κ2) is 7.00. The Labute approximate surface area is 137 Å². The maximum atomic E-state index is 5.45. The summed E-state index contributed by atoms with van der Waals surface area (Å²) in [6, 6.07) is 2.50. The summed E-state index contributed by atoms with van der Waals surface area (Å²) in [4.78, 5) is 9.24. The van der Waals surface area contributed by atoms with Crippen LogP contribution in [0.2, 0.25) is 0 Å². The highest BCUT2D eigenvalue weighted by Gasteiger charge is 2.22. The third kappa shape index (κ3) is 3.47. The first-order chi connectivity index (χ1) is 11.2. The van der Waals surface area contributed by atoms with E-state index >= 15 is 0 Å². The minimum absolute atomic E-state index is 0.403. The van der Waals surface area contributed by atoms with Crippen LogP contribution in [0, 0.1) is 0 Å². The zero-order chi connectivity index (χ0) is 16.2. The first-order valence-corrected chi connectivity index (χ1v) is 8.18. The minimum atomic E-state index is 0.403. The Morgan fingerprint density at radius 3 is 2.83 bits per heavy atom. The van der Waals surface area contributed by atoms with Crippen molar-refractivity contribution in [2.24, 2.45) is 7.05 Å². The molecule has 1 aliphatic carbocycles. The molecule has 0 amide bonds. The molecule has 2 aromatic heterocycles. The number of hydrogen-bond acceptors (Lipinski definition) is 5. The molecule has 0 saturated heterocycles. The molecule has 3 rings (SSSR count). The van der Waals surface area contributed by atoms with Crippen LogP contribution in [0.1, 0.15) is 25.7 Å². The molecule has 2 heterocycles. The van der Waals surface area contributed by atoms with E-state index in [4.69, 9.17) is 4.74 Å². The molecule has 23 heavy (non-hydrogen) atoms. The number of fused-ring (bicyclic) bond motifs is 1. The fourth-order valence-electron chi connectivity index (χ4n) is 3.13. The summed E-state index contributed by atoms with van der Waals surface area (Å²) >= 11 is 0. The molecular weight excluding hydrogens is 290 g/mol. The van der Waals surface area contributed by atoms with E-state index in [-0.39, 0.29) is 0 Å². The van der Waals surface area contributed by atoms with Crippen molar-refractivity contribution in [2.75, 3.05) is 24.3 Å². The number of ether oxygens (including phenoxy) is 1. The Hall–Kier alpha value is -2.08. The highest BCUT2D eigenvalue weighted by atomic mass is 16.5. The Kier molecular flexibility index (Phi) is 4.81. The van der Waals surface area contributed by atoms with Crippen LogP contribution < -0.4 is 10.6 Å². The summed E-state index contributed by atoms with van der Waals surface area (Å²) in [5.41, 5.74) is 0.930. The van der Waals surface area contributed by atoms with Crippen molar-refractivity contribution in [1.29, 1.82) is 0 Å². The van der Waals surface area contributed by atoms with Crippen LogP contribution in [-0.2, 0) is 11.8 Å². The summed E-state index contributed by atoms with van der Waals surface area (Å²) in [6.07, 6.45) is 8.62. The quantitative estimate of drug-likeness (QED) is 0.803. The topological polar surface area (TPSA) is 64.0 Å². The number of aromatic nitrogens is 3. The van der Waals surface area contributed by atoms with Crippen molar-refractivity contribution < 1.29 is 4.74 Å². The van der Waals surface area contributed by atoms with E-state index in [9.17, 15) is 0 Å². The van der Waals surface area contributed by atoms with Crippen molar-refractivity contribution in [1.82, 2.24) is 14.5 Å². The number of hydrogen-bond donors (Lipinski definition) is 2. The van der Waals surface area contributed by atoms with Crippen molar-refractivity contribution in [3.05, 3.63) is 24.9 Å². The average molecular weight is 315 g/mol. The van der Waals surface area contributed by atoms with E-state index in [2.05, 4.69) is 33.2 Å². The molecule has 6 heteroatoms. The molecule has 6 nitrogen and oxygen atoms in total. The van der Waals surface area contributed by atoms with Crippen LogP contribution >= 0.6 is 0 Å². The lowest BCUT2D eigenvalue weighted by Crippen LogP contribution is -2.29. The van der Waals surface area contributed by atoms with E-state index in [0.29, 0.717) is 24.6 Å². The number of methoxy groups -OCH3 is 1. The van der Waals surface area contributed by atoms with Crippen LogP contribution in [0.25, 0.3) is 11.0 Å². The van der Waals surface area contributed by atoms with Gasteiger partial charge in [0.15, 0.2) is 0 Å². The summed E-state index contributed by atoms with van der Waals surface area (Å²) in [7, 11) is 3.80. The third-order valence-corrected chi connectivity index (χ3v) is 4.48. The largest absolute Gasteiger partial charge is 0.381 e. The Balaban J connectivity index is 1.82. The summed E-state index contributed by atoms with van der Waals surface area (Å²) in [5, 5.41) is 7.86. The molecule has 0 spiro atoms. The Morgan fingerprint density at radius 1 is 1.35 bits per heavy atom. The molecule has 124 valence electrons. The van der Waals surface area contributed by atoms with Crippen molar-refractivity contribution in [3.63, 3.8) is 0 Å². The van der Waals surface area contributed by atoms with Crippen LogP contribution in [0.4, 0.5) is 11.8 Å². The smallest absolute Gasteiger partial charge is 0.226 e. The number of rotatable bonds is 6. The molecule has 0 aliphatic heterocycles. The van der Waals surface area contributed by atoms with Crippen molar-refractivity contribution in [3.8, 4) is 0 Å². The van der Waals surface area contributed by atoms with Crippen molar-refractivity contribution in [2.45, 2.75) is 37.8 Å². The Morgan fingerprint density at radius 2 is 2.13 bits per heavy atom. The SMILES string of the molecule is C=CCNc1nc(N[C@H]2CC[C@H](OC)CC2)c2ccn(C)c2n1. The maximum Gasteiger partial charge on any atom is 0.226 e. The highest BCUT2D eigenvalue weighted by molar-refractivity contribution is 5.88. The van der Waals surface area contributed by atoms with Gasteiger partial charge in [-0.15, -0.1) is 6.58 Å². The average Bonchev–Trinajstić information content (AvgIpc) is 2.95. The van der Waals surface area contributed by atoms with Gasteiger partial charge in [0.2, 0.25) is 5.95 Å². The Bertz CT molecular complexity index is 673. The zero-order valence-corrected chi connectivity index (χ0v) is 13.9. The molecule has 1 fully saturated rings. The van der Waals surface area contributed by atoms with Gasteiger partial charge in [0.05, 0.1) is 11.5 Å². The normalized spacial score (nSPS) is 21.3. The molecule has 0 atom stereocenters. The van der Waals surface area contributed by atoms with Crippen LogP contribution in [0.3, 0.4) is 0 Å². The van der Waals surface area contributed by atoms with E-state index in [1.54, 1.807) is 13.2 Å². The van der Waals surface area contributed by atoms with Gasteiger partial charge >= 0.3 is 0 Å². The van der Waals surface area contributed by atoms with Crippen LogP contribution in [-0.4, -0.2) is 40.3 Å². The molecule has 1 saturated carbocycles. The van der Waals surface area contributed by atoms with Gasteiger partial charge in [0, 0.05) is 32.9 Å². The fourth-order valence-corrected chi connectivity index (χ4v) is 3.13. The number of aryl methyl sites for hydroxylation is 1. The first kappa shape index (κ1) is 15.8. The van der Waals surface area contributed by atoms with Gasteiger partial charge in [-0.3, -0.25) is 0 Å². The predicted octanol–water partition coefficient (Wildman–Crippen LogP) is 2.94. The van der Waals surface area contributed by atoms with Gasteiger partial charge in [-0.25, -0.2) is 0 Å². The van der Waals surface area contributed by atoms with Gasteiger partial charge in [0.1, 0.15) is 11.5 Å². The van der Waals surface area contributed by atoms with Gasteiger partial charge in [-0.05, 0) is 31.7 Å². The number of nitrogens with zero attached hydrogens (tertiary/aromatic N) is 3. The van der Waals surface area contributed by atoms with E-state index in [1.807, 2.05) is 17.8 Å². The van der Waals surface area contributed by atoms with Crippen LogP contribution in [0.15, 0.2) is 24.9 Å². The fraction of sp³-hybridized carbons (Fsp3) is 0.529. The third-order valence-electron chi connectivity index (χ3n) is 4.48. The molecule has 0 aromatic carbocycles. The summed E-state index contributed by atoms with van der Waals surface area (Å²) in [5.74, 6) is 1.54. The lowest BCUT2D eigenvalue weighted by atomic mass is 9.93. The second-order valence-corrected chi connectivity index (χ2v) is 6.08. The van der Waals surface area contributed by atoms with E-state index in [1.165, 1.54) is 0 Å². The lowest BCUT2D eigenvalue weighted by Gasteiger charge is -2.28. The number of nitrogens with one attached hydrogen (secondary N) is 2. The standard InChI is InChI=1S/C17H25N5O/c1-4-10-18-17-20-15(14-9-11-22(2)16(14)21-17)19-12-5-7-13(23-3)8-6-12/h4,9,11-13H,1,5-8,10H2,2-3H3,(H2,18,19,20,21)/t12-,13-. The monoisotopic (exact) mass is 315 g/mol. The minimum Gasteiger partial charge on any atom is -0.381 e. The first-order valence-electron chi connectivity index (χ1n) is 8.18. The summed E-state index contributed by atoms with van der Waals surface area (Å²) in [6.45, 7) is 4.37. The van der Waals surface area contributed by atoms with E-state index in [0.717, 1.165) is 42.5 Å². The molecule has 0 unspecified atom stereocenters. The summed E-state index contributed by atoms with van der Waals surface area (Å²) < 4.78 is 7.47. The van der Waals surface area contributed by atoms with Gasteiger partial charge < -0.3 is 19.9 Å². The molecule has 2 N–H and O–H groups in total. The highest BCUT2D eigenvalue weighted by Crippen LogP contribution is 2.27. The second-order valence-electron chi connectivity index (χ2n) is 6.08. The van der Waals surface area contributed by atoms with E-state index < -0.39 is 0 Å². The van der Waals surface area contributed by atoms with Gasteiger partial charge in [0.25, 0.3) is 0 Å². The van der Waals surface area contributed by atoms with Crippen molar-refractivity contribution >= 4 is 22.8 Å². The lowest BCUT2D eigenvalue weighted by molar-refractivity contribution is 0.0681. The predicted molar refractivity (Wildman–Crippen MR) is 93.9 cm³/mol. The molecule has 2 aromatic rings. The van der Waals surface area contributed by atoms with Gasteiger partial charge in [-0.2, -0.15) is 9.97 Å². The maximum absolute atomic E-state index is 5.45.